The first-order chi connectivity index (χ1) is 14.5. The highest BCUT2D eigenvalue weighted by atomic mass is 32.2. The van der Waals surface area contributed by atoms with Crippen LogP contribution in [0.15, 0.2) is 35.5 Å². The second-order valence-corrected chi connectivity index (χ2v) is 8.99. The van der Waals surface area contributed by atoms with Gasteiger partial charge < -0.3 is 18.9 Å². The molecule has 10 heteroatoms. The Kier molecular flexibility index (Phi) is 6.24. The lowest BCUT2D eigenvalue weighted by molar-refractivity contribution is 0.136. The smallest absolute Gasteiger partial charge is 0.240 e. The topological polar surface area (TPSA) is 109 Å². The van der Waals surface area contributed by atoms with Gasteiger partial charge in [-0.05, 0) is 37.8 Å². The summed E-state index contributed by atoms with van der Waals surface area (Å²) >= 11 is 0. The molecular weight excluding hydrogens is 410 g/mol. The predicted octanol–water partition coefficient (Wildman–Crippen LogP) is 2.32. The zero-order valence-electron chi connectivity index (χ0n) is 16.7. The van der Waals surface area contributed by atoms with Gasteiger partial charge in [0.2, 0.25) is 21.8 Å². The summed E-state index contributed by atoms with van der Waals surface area (Å²) in [6, 6.07) is 4.57. The minimum Gasteiger partial charge on any atom is -0.490 e. The van der Waals surface area contributed by atoms with Crippen LogP contribution in [0.2, 0.25) is 0 Å². The van der Waals surface area contributed by atoms with Crippen molar-refractivity contribution in [3.05, 3.63) is 30.6 Å². The van der Waals surface area contributed by atoms with Gasteiger partial charge in [-0.3, -0.25) is 4.98 Å². The van der Waals surface area contributed by atoms with E-state index in [2.05, 4.69) is 14.7 Å². The molecule has 9 nitrogen and oxygen atoms in total. The molecule has 0 atom stereocenters. The Morgan fingerprint density at radius 1 is 1.03 bits per heavy atom. The Balaban J connectivity index is 1.34. The van der Waals surface area contributed by atoms with Gasteiger partial charge in [0.15, 0.2) is 11.5 Å². The number of rotatable bonds is 6. The highest BCUT2D eigenvalue weighted by Gasteiger charge is 2.28. The molecule has 1 aliphatic heterocycles. The van der Waals surface area contributed by atoms with Gasteiger partial charge >= 0.3 is 0 Å². The number of fused-ring (bicyclic) bond motifs is 1. The molecule has 1 aliphatic carbocycles. The Morgan fingerprint density at radius 3 is 2.53 bits per heavy atom. The fraction of sp³-hybridized carbons (Fsp3) is 0.500. The van der Waals surface area contributed by atoms with Crippen molar-refractivity contribution in [3.63, 3.8) is 0 Å². The van der Waals surface area contributed by atoms with Crippen LogP contribution in [-0.4, -0.2) is 50.9 Å². The van der Waals surface area contributed by atoms with Crippen molar-refractivity contribution < 1.29 is 27.4 Å². The molecule has 0 bridgehead atoms. The molecule has 1 aromatic carbocycles. The monoisotopic (exact) mass is 435 g/mol. The predicted molar refractivity (Wildman–Crippen MR) is 108 cm³/mol. The van der Waals surface area contributed by atoms with Crippen molar-refractivity contribution in [2.24, 2.45) is 0 Å². The van der Waals surface area contributed by atoms with E-state index in [0.717, 1.165) is 6.42 Å². The molecule has 0 radical (unpaired) electrons. The van der Waals surface area contributed by atoms with Crippen LogP contribution in [0, 0.1) is 0 Å². The van der Waals surface area contributed by atoms with E-state index in [-0.39, 0.29) is 17.0 Å². The summed E-state index contributed by atoms with van der Waals surface area (Å²) in [6.45, 7) is 1.07. The minimum atomic E-state index is -3.66. The standard InChI is InChI=1S/C20H25N3O6S/c1-26-19-12-21-13-20(22-19)29-15-5-3-14(4-6-15)23-30(24,25)16-7-8-17-18(11-16)28-10-2-9-27-17/h7-8,11-15,23H,2-6,9-10H2,1H3. The summed E-state index contributed by atoms with van der Waals surface area (Å²) in [7, 11) is -2.13. The summed E-state index contributed by atoms with van der Waals surface area (Å²) in [4.78, 5) is 8.41. The first-order valence-corrected chi connectivity index (χ1v) is 11.5. The zero-order chi connectivity index (χ0) is 21.0. The van der Waals surface area contributed by atoms with Crippen molar-refractivity contribution in [2.45, 2.75) is 49.1 Å². The van der Waals surface area contributed by atoms with E-state index in [1.165, 1.54) is 19.4 Å². The van der Waals surface area contributed by atoms with Crippen LogP contribution in [0.3, 0.4) is 0 Å². The third kappa shape index (κ3) is 4.93. The number of hydrogen-bond acceptors (Lipinski definition) is 8. The highest BCUT2D eigenvalue weighted by molar-refractivity contribution is 7.89. The number of benzene rings is 1. The Hall–Kier alpha value is -2.59. The van der Waals surface area contributed by atoms with Crippen molar-refractivity contribution in [3.8, 4) is 23.3 Å². The van der Waals surface area contributed by atoms with E-state index in [1.807, 2.05) is 0 Å². The molecule has 1 saturated carbocycles. The number of aromatic nitrogens is 2. The summed E-state index contributed by atoms with van der Waals surface area (Å²) in [5, 5.41) is 0. The second-order valence-electron chi connectivity index (χ2n) is 7.27. The van der Waals surface area contributed by atoms with Gasteiger partial charge in [-0.25, -0.2) is 13.1 Å². The molecule has 30 heavy (non-hydrogen) atoms. The first-order valence-electron chi connectivity index (χ1n) is 9.98. The number of nitrogens with zero attached hydrogens (tertiary/aromatic N) is 2. The van der Waals surface area contributed by atoms with Crippen LogP contribution < -0.4 is 23.7 Å². The van der Waals surface area contributed by atoms with Gasteiger partial charge in [0.05, 0.1) is 37.6 Å². The molecule has 4 rings (SSSR count). The van der Waals surface area contributed by atoms with Crippen LogP contribution in [0.4, 0.5) is 0 Å². The highest BCUT2D eigenvalue weighted by Crippen LogP contribution is 2.32. The fourth-order valence-corrected chi connectivity index (χ4v) is 4.87. The lowest BCUT2D eigenvalue weighted by Crippen LogP contribution is -2.39. The summed E-state index contributed by atoms with van der Waals surface area (Å²) in [6.07, 6.45) is 6.56. The van der Waals surface area contributed by atoms with Crippen molar-refractivity contribution in [1.82, 2.24) is 14.7 Å². The lowest BCUT2D eigenvalue weighted by Gasteiger charge is -2.29. The third-order valence-electron chi connectivity index (χ3n) is 5.11. The molecule has 0 amide bonds. The quantitative estimate of drug-likeness (QED) is 0.736. The number of nitrogens with one attached hydrogen (secondary N) is 1. The zero-order valence-corrected chi connectivity index (χ0v) is 17.6. The maximum atomic E-state index is 12.8. The van der Waals surface area contributed by atoms with Gasteiger partial charge in [-0.2, -0.15) is 4.98 Å². The molecule has 1 N–H and O–H groups in total. The Bertz CT molecular complexity index is 976. The van der Waals surface area contributed by atoms with Gasteiger partial charge in [0.1, 0.15) is 6.10 Å². The molecule has 2 aliphatic rings. The van der Waals surface area contributed by atoms with Crippen LogP contribution in [0.5, 0.6) is 23.3 Å². The molecule has 0 spiro atoms. The van der Waals surface area contributed by atoms with E-state index in [9.17, 15) is 8.42 Å². The fourth-order valence-electron chi connectivity index (χ4n) is 3.55. The SMILES string of the molecule is COc1cncc(OC2CCC(NS(=O)(=O)c3ccc4c(c3)OCCCO4)CC2)n1. The van der Waals surface area contributed by atoms with Gasteiger partial charge in [0, 0.05) is 18.5 Å². The molecule has 2 heterocycles. The van der Waals surface area contributed by atoms with Crippen molar-refractivity contribution in [2.75, 3.05) is 20.3 Å². The average molecular weight is 436 g/mol. The van der Waals surface area contributed by atoms with Gasteiger partial charge in [0.25, 0.3) is 0 Å². The number of ether oxygens (including phenoxy) is 4. The normalized spacial score (nSPS) is 21.5. The number of hydrogen-bond donors (Lipinski definition) is 1. The van der Waals surface area contributed by atoms with Gasteiger partial charge in [-0.15, -0.1) is 0 Å². The average Bonchev–Trinajstić information content (AvgIpc) is 3.00. The van der Waals surface area contributed by atoms with Crippen molar-refractivity contribution >= 4 is 10.0 Å². The largest absolute Gasteiger partial charge is 0.490 e. The van der Waals surface area contributed by atoms with Crippen molar-refractivity contribution in [1.29, 1.82) is 0 Å². The molecule has 2 aromatic rings. The summed E-state index contributed by atoms with van der Waals surface area (Å²) in [5.41, 5.74) is 0. The number of sulfonamides is 1. The third-order valence-corrected chi connectivity index (χ3v) is 6.63. The van der Waals surface area contributed by atoms with Crippen LogP contribution in [-0.2, 0) is 10.0 Å². The molecule has 1 fully saturated rings. The minimum absolute atomic E-state index is 0.0368. The van der Waals surface area contributed by atoms with E-state index >= 15 is 0 Å². The molecule has 0 saturated heterocycles. The van der Waals surface area contributed by atoms with E-state index < -0.39 is 10.0 Å². The van der Waals surface area contributed by atoms with E-state index in [0.29, 0.717) is 62.2 Å². The molecule has 162 valence electrons. The van der Waals surface area contributed by atoms with Crippen LogP contribution in [0.25, 0.3) is 0 Å². The molecule has 0 unspecified atom stereocenters. The van der Waals surface area contributed by atoms with E-state index in [1.54, 1.807) is 18.3 Å². The maximum Gasteiger partial charge on any atom is 0.240 e. The summed E-state index contributed by atoms with van der Waals surface area (Å²) < 4.78 is 50.6. The first kappa shape index (κ1) is 20.7. The second kappa shape index (κ2) is 9.05. The maximum absolute atomic E-state index is 12.8. The van der Waals surface area contributed by atoms with Crippen LogP contribution >= 0.6 is 0 Å². The summed E-state index contributed by atoms with van der Waals surface area (Å²) in [5.74, 6) is 1.84. The molecular formula is C20H25N3O6S. The Labute approximate surface area is 175 Å². The van der Waals surface area contributed by atoms with E-state index in [4.69, 9.17) is 18.9 Å². The lowest BCUT2D eigenvalue weighted by atomic mass is 9.94. The molecule has 1 aromatic heterocycles. The Morgan fingerprint density at radius 2 is 1.77 bits per heavy atom. The van der Waals surface area contributed by atoms with Gasteiger partial charge in [-0.1, -0.05) is 0 Å². The number of methoxy groups -OCH3 is 1. The van der Waals surface area contributed by atoms with Crippen LogP contribution in [0.1, 0.15) is 32.1 Å².